The number of hydrogen-bond donors (Lipinski definition) is 0. The van der Waals surface area contributed by atoms with Crippen LogP contribution < -0.4 is 0 Å². The standard InChI is InChI=1S/C16H24N2S/c1-17-10-11-18(13-16(19-2)8-9-16)15(12-17)14-6-4-3-5-7-14/h3-7,15H,8-13H2,1-2H3. The third-order valence-corrected chi connectivity index (χ3v) is 6.01. The van der Waals surface area contributed by atoms with Gasteiger partial charge in [-0.1, -0.05) is 30.3 Å². The van der Waals surface area contributed by atoms with Crippen LogP contribution in [-0.2, 0) is 0 Å². The summed E-state index contributed by atoms with van der Waals surface area (Å²) < 4.78 is 0.572. The number of piperazine rings is 1. The fraction of sp³-hybridized carbons (Fsp3) is 0.625. The molecule has 2 nitrogen and oxygen atoms in total. The van der Waals surface area contributed by atoms with E-state index in [2.05, 4.69) is 65.2 Å². The molecule has 3 heteroatoms. The summed E-state index contributed by atoms with van der Waals surface area (Å²) in [5.41, 5.74) is 1.48. The van der Waals surface area contributed by atoms with E-state index in [0.717, 1.165) is 6.54 Å². The second-order valence-electron chi connectivity index (χ2n) is 6.05. The summed E-state index contributed by atoms with van der Waals surface area (Å²) in [6, 6.07) is 11.6. The summed E-state index contributed by atoms with van der Waals surface area (Å²) in [7, 11) is 2.24. The normalized spacial score (nSPS) is 27.4. The average Bonchev–Trinajstić information content (AvgIpc) is 3.22. The van der Waals surface area contributed by atoms with E-state index >= 15 is 0 Å². The van der Waals surface area contributed by atoms with Crippen molar-refractivity contribution in [3.63, 3.8) is 0 Å². The smallest absolute Gasteiger partial charge is 0.0476 e. The lowest BCUT2D eigenvalue weighted by molar-refractivity contribution is 0.0887. The SMILES string of the molecule is CSC1(CN2CCN(C)CC2c2ccccc2)CC1. The van der Waals surface area contributed by atoms with Crippen LogP contribution in [0, 0.1) is 0 Å². The zero-order valence-electron chi connectivity index (χ0n) is 12.0. The Morgan fingerprint density at radius 1 is 1.21 bits per heavy atom. The lowest BCUT2D eigenvalue weighted by Crippen LogP contribution is -2.49. The highest BCUT2D eigenvalue weighted by Gasteiger charge is 2.44. The van der Waals surface area contributed by atoms with Crippen molar-refractivity contribution in [3.05, 3.63) is 35.9 Å². The van der Waals surface area contributed by atoms with Crippen molar-refractivity contribution in [2.75, 3.05) is 39.5 Å². The van der Waals surface area contributed by atoms with E-state index in [0.29, 0.717) is 10.8 Å². The molecule has 0 N–H and O–H groups in total. The third kappa shape index (κ3) is 2.99. The van der Waals surface area contributed by atoms with Crippen LogP contribution in [0.3, 0.4) is 0 Å². The van der Waals surface area contributed by atoms with Crippen molar-refractivity contribution in [3.8, 4) is 0 Å². The van der Waals surface area contributed by atoms with E-state index in [1.807, 2.05) is 0 Å². The highest BCUT2D eigenvalue weighted by Crippen LogP contribution is 2.48. The molecule has 104 valence electrons. The van der Waals surface area contributed by atoms with Crippen LogP contribution in [0.4, 0.5) is 0 Å². The molecule has 1 unspecified atom stereocenters. The molecule has 1 aliphatic heterocycles. The number of thioether (sulfide) groups is 1. The van der Waals surface area contributed by atoms with Gasteiger partial charge in [0.2, 0.25) is 0 Å². The van der Waals surface area contributed by atoms with E-state index in [9.17, 15) is 0 Å². The molecule has 2 fully saturated rings. The molecule has 1 saturated carbocycles. The maximum absolute atomic E-state index is 2.72. The zero-order valence-corrected chi connectivity index (χ0v) is 12.8. The molecular formula is C16H24N2S. The highest BCUT2D eigenvalue weighted by atomic mass is 32.2. The fourth-order valence-electron chi connectivity index (χ4n) is 3.07. The molecule has 1 aliphatic carbocycles. The van der Waals surface area contributed by atoms with Gasteiger partial charge in [-0.2, -0.15) is 11.8 Å². The predicted molar refractivity (Wildman–Crippen MR) is 83.7 cm³/mol. The minimum absolute atomic E-state index is 0.572. The number of nitrogens with zero attached hydrogens (tertiary/aromatic N) is 2. The zero-order chi connectivity index (χ0) is 13.3. The van der Waals surface area contributed by atoms with E-state index < -0.39 is 0 Å². The lowest BCUT2D eigenvalue weighted by Gasteiger charge is -2.41. The average molecular weight is 276 g/mol. The topological polar surface area (TPSA) is 6.48 Å². The summed E-state index contributed by atoms with van der Waals surface area (Å²) in [4.78, 5) is 5.19. The molecule has 1 atom stereocenters. The summed E-state index contributed by atoms with van der Waals surface area (Å²) in [5, 5.41) is 0. The summed E-state index contributed by atoms with van der Waals surface area (Å²) in [6.07, 6.45) is 5.09. The first kappa shape index (κ1) is 13.5. The van der Waals surface area contributed by atoms with Crippen molar-refractivity contribution in [1.29, 1.82) is 0 Å². The molecule has 1 heterocycles. The van der Waals surface area contributed by atoms with Gasteiger partial charge in [0.25, 0.3) is 0 Å². The lowest BCUT2D eigenvalue weighted by atomic mass is 10.0. The Morgan fingerprint density at radius 2 is 1.95 bits per heavy atom. The molecule has 0 aromatic heterocycles. The van der Waals surface area contributed by atoms with Gasteiger partial charge in [0.15, 0.2) is 0 Å². The molecular weight excluding hydrogens is 252 g/mol. The predicted octanol–water partition coefficient (Wildman–Crippen LogP) is 2.87. The fourth-order valence-corrected chi connectivity index (χ4v) is 3.88. The van der Waals surface area contributed by atoms with Crippen molar-refractivity contribution >= 4 is 11.8 Å². The van der Waals surface area contributed by atoms with E-state index in [1.54, 1.807) is 0 Å². The van der Waals surface area contributed by atoms with Crippen LogP contribution in [0.5, 0.6) is 0 Å². The van der Waals surface area contributed by atoms with Crippen LogP contribution in [0.15, 0.2) is 30.3 Å². The molecule has 1 saturated heterocycles. The highest BCUT2D eigenvalue weighted by molar-refractivity contribution is 8.00. The molecule has 19 heavy (non-hydrogen) atoms. The molecule has 0 amide bonds. The second-order valence-corrected chi connectivity index (χ2v) is 7.32. The minimum Gasteiger partial charge on any atom is -0.303 e. The van der Waals surface area contributed by atoms with Gasteiger partial charge in [-0.3, -0.25) is 4.90 Å². The van der Waals surface area contributed by atoms with Gasteiger partial charge in [-0.25, -0.2) is 0 Å². The molecule has 0 spiro atoms. The first-order valence-electron chi connectivity index (χ1n) is 7.25. The molecule has 2 aliphatic rings. The minimum atomic E-state index is 0.572. The van der Waals surface area contributed by atoms with Crippen molar-refractivity contribution < 1.29 is 0 Å². The number of likely N-dealkylation sites (N-methyl/N-ethyl adjacent to an activating group) is 1. The van der Waals surface area contributed by atoms with Gasteiger partial charge in [-0.15, -0.1) is 0 Å². The Kier molecular flexibility index (Phi) is 3.88. The van der Waals surface area contributed by atoms with Crippen LogP contribution in [0.2, 0.25) is 0 Å². The summed E-state index contributed by atoms with van der Waals surface area (Å²) in [6.45, 7) is 4.84. The number of rotatable bonds is 4. The first-order valence-corrected chi connectivity index (χ1v) is 8.48. The van der Waals surface area contributed by atoms with Crippen LogP contribution in [0.25, 0.3) is 0 Å². The van der Waals surface area contributed by atoms with Gasteiger partial charge in [0, 0.05) is 37.0 Å². The second kappa shape index (κ2) is 5.47. The monoisotopic (exact) mass is 276 g/mol. The maximum atomic E-state index is 2.72. The van der Waals surface area contributed by atoms with Gasteiger partial charge < -0.3 is 4.90 Å². The van der Waals surface area contributed by atoms with Gasteiger partial charge in [-0.05, 0) is 31.7 Å². The Balaban J connectivity index is 1.76. The molecule has 1 aromatic carbocycles. The van der Waals surface area contributed by atoms with Gasteiger partial charge in [0.05, 0.1) is 0 Å². The van der Waals surface area contributed by atoms with E-state index in [1.165, 1.54) is 38.0 Å². The van der Waals surface area contributed by atoms with Gasteiger partial charge in [0.1, 0.15) is 0 Å². The largest absolute Gasteiger partial charge is 0.303 e. The van der Waals surface area contributed by atoms with Crippen molar-refractivity contribution in [1.82, 2.24) is 9.80 Å². The van der Waals surface area contributed by atoms with Crippen LogP contribution in [0.1, 0.15) is 24.4 Å². The Morgan fingerprint density at radius 3 is 2.58 bits per heavy atom. The van der Waals surface area contributed by atoms with Crippen molar-refractivity contribution in [2.24, 2.45) is 0 Å². The maximum Gasteiger partial charge on any atom is 0.0476 e. The third-order valence-electron chi connectivity index (χ3n) is 4.61. The number of benzene rings is 1. The van der Waals surface area contributed by atoms with Crippen LogP contribution in [-0.4, -0.2) is 54.0 Å². The van der Waals surface area contributed by atoms with E-state index in [4.69, 9.17) is 0 Å². The number of hydrogen-bond acceptors (Lipinski definition) is 3. The van der Waals surface area contributed by atoms with Crippen LogP contribution >= 0.6 is 11.8 Å². The Labute approximate surface area is 121 Å². The van der Waals surface area contributed by atoms with Crippen molar-refractivity contribution in [2.45, 2.75) is 23.6 Å². The summed E-state index contributed by atoms with van der Waals surface area (Å²) in [5.74, 6) is 0. The van der Waals surface area contributed by atoms with E-state index in [-0.39, 0.29) is 0 Å². The first-order chi connectivity index (χ1) is 9.22. The van der Waals surface area contributed by atoms with Gasteiger partial charge >= 0.3 is 0 Å². The molecule has 0 bridgehead atoms. The summed E-state index contributed by atoms with van der Waals surface area (Å²) >= 11 is 2.07. The quantitative estimate of drug-likeness (QED) is 0.835. The Hall–Kier alpha value is -0.510. The molecule has 1 aromatic rings. The molecule has 0 radical (unpaired) electrons. The Bertz CT molecular complexity index is 416. The molecule has 3 rings (SSSR count).